The molecule has 4 fully saturated rings. The standard InChI is InChI=1S/C23H31NO6/c1-11-10-17(29-22(11)25)14-7-8-15-18-12(2)20(28-16(18)6-5-9-24(14)15)21-19(27-4)13(3)23(26)30-21/h11-12,14-18H,5-10H2,1-4H3/b21-20-/t11-,12+,14-,15+,16-,17+,18-/m1/s1. The molecule has 0 saturated carbocycles. The van der Waals surface area contributed by atoms with Gasteiger partial charge in [0.1, 0.15) is 18.0 Å². The molecule has 7 nitrogen and oxygen atoms in total. The van der Waals surface area contributed by atoms with Gasteiger partial charge in [0, 0.05) is 23.9 Å². The van der Waals surface area contributed by atoms with Crippen LogP contribution in [0.25, 0.3) is 0 Å². The number of methoxy groups -OCH3 is 1. The summed E-state index contributed by atoms with van der Waals surface area (Å²) >= 11 is 0. The lowest BCUT2D eigenvalue weighted by Crippen LogP contribution is -2.46. The Hall–Kier alpha value is -2.02. The zero-order valence-electron chi connectivity index (χ0n) is 18.2. The normalized spacial score (nSPS) is 43.8. The van der Waals surface area contributed by atoms with Crippen molar-refractivity contribution >= 4 is 11.9 Å². The number of cyclic esters (lactones) is 2. The van der Waals surface area contributed by atoms with Crippen LogP contribution in [0.5, 0.6) is 0 Å². The Morgan fingerprint density at radius 2 is 1.80 bits per heavy atom. The summed E-state index contributed by atoms with van der Waals surface area (Å²) in [7, 11) is 1.56. The minimum Gasteiger partial charge on any atom is -0.492 e. The van der Waals surface area contributed by atoms with Crippen molar-refractivity contribution in [1.82, 2.24) is 4.90 Å². The van der Waals surface area contributed by atoms with Crippen molar-refractivity contribution in [3.63, 3.8) is 0 Å². The molecule has 5 rings (SSSR count). The molecule has 30 heavy (non-hydrogen) atoms. The van der Waals surface area contributed by atoms with Crippen LogP contribution in [0.3, 0.4) is 0 Å². The zero-order valence-corrected chi connectivity index (χ0v) is 18.2. The second kappa shape index (κ2) is 7.29. The molecule has 0 N–H and O–H groups in total. The number of hydrogen-bond acceptors (Lipinski definition) is 7. The fourth-order valence-electron chi connectivity index (χ4n) is 6.36. The first-order chi connectivity index (χ1) is 14.4. The number of esters is 2. The summed E-state index contributed by atoms with van der Waals surface area (Å²) in [6.07, 6.45) is 5.09. The van der Waals surface area contributed by atoms with E-state index in [1.165, 1.54) is 0 Å². The van der Waals surface area contributed by atoms with E-state index in [9.17, 15) is 9.59 Å². The number of allylic oxidation sites excluding steroid dienone is 1. The van der Waals surface area contributed by atoms with Crippen LogP contribution in [-0.2, 0) is 28.5 Å². The minimum absolute atomic E-state index is 0.00149. The van der Waals surface area contributed by atoms with Crippen LogP contribution in [0, 0.1) is 17.8 Å². The highest BCUT2D eigenvalue weighted by Crippen LogP contribution is 2.50. The van der Waals surface area contributed by atoms with Crippen LogP contribution < -0.4 is 0 Å². The molecule has 0 aromatic rings. The Bertz CT molecular complexity index is 832. The molecule has 0 radical (unpaired) electrons. The molecule has 0 aromatic carbocycles. The second-order valence-corrected chi connectivity index (χ2v) is 9.47. The summed E-state index contributed by atoms with van der Waals surface area (Å²) < 4.78 is 23.2. The fraction of sp³-hybridized carbons (Fsp3) is 0.739. The molecule has 0 unspecified atom stereocenters. The lowest BCUT2D eigenvalue weighted by molar-refractivity contribution is -0.146. The molecule has 7 atom stereocenters. The molecule has 0 aromatic heterocycles. The van der Waals surface area contributed by atoms with E-state index in [2.05, 4.69) is 11.8 Å². The van der Waals surface area contributed by atoms with Gasteiger partial charge in [-0.1, -0.05) is 13.8 Å². The van der Waals surface area contributed by atoms with Crippen molar-refractivity contribution in [2.75, 3.05) is 13.7 Å². The first kappa shape index (κ1) is 19.9. The van der Waals surface area contributed by atoms with E-state index in [1.54, 1.807) is 14.0 Å². The Balaban J connectivity index is 1.42. The molecule has 0 amide bonds. The van der Waals surface area contributed by atoms with Gasteiger partial charge in [-0.05, 0) is 45.6 Å². The Labute approximate surface area is 177 Å². The van der Waals surface area contributed by atoms with Crippen LogP contribution in [0.2, 0.25) is 0 Å². The summed E-state index contributed by atoms with van der Waals surface area (Å²) in [5.41, 5.74) is 0.489. The van der Waals surface area contributed by atoms with Crippen molar-refractivity contribution in [2.24, 2.45) is 17.8 Å². The average molecular weight is 418 g/mol. The Morgan fingerprint density at radius 3 is 2.50 bits per heavy atom. The summed E-state index contributed by atoms with van der Waals surface area (Å²) in [6.45, 7) is 6.88. The van der Waals surface area contributed by atoms with E-state index in [0.29, 0.717) is 35.1 Å². The van der Waals surface area contributed by atoms with E-state index in [-0.39, 0.29) is 36.0 Å². The number of rotatable bonds is 2. The highest BCUT2D eigenvalue weighted by atomic mass is 16.6. The van der Waals surface area contributed by atoms with Crippen molar-refractivity contribution < 1.29 is 28.5 Å². The van der Waals surface area contributed by atoms with Crippen LogP contribution in [-0.4, -0.2) is 54.8 Å². The van der Waals surface area contributed by atoms with Gasteiger partial charge in [-0.3, -0.25) is 9.69 Å². The van der Waals surface area contributed by atoms with Gasteiger partial charge >= 0.3 is 11.9 Å². The van der Waals surface area contributed by atoms with E-state index in [4.69, 9.17) is 18.9 Å². The molecule has 0 aliphatic carbocycles. The average Bonchev–Trinajstić information content (AvgIpc) is 3.40. The van der Waals surface area contributed by atoms with Gasteiger partial charge in [-0.2, -0.15) is 0 Å². The number of carbonyl (C=O) groups excluding carboxylic acids is 2. The molecule has 5 heterocycles. The van der Waals surface area contributed by atoms with Gasteiger partial charge in [0.05, 0.1) is 18.6 Å². The minimum atomic E-state index is -0.364. The number of nitrogens with zero attached hydrogens (tertiary/aromatic N) is 1. The van der Waals surface area contributed by atoms with E-state index >= 15 is 0 Å². The number of carbonyl (C=O) groups is 2. The molecule has 7 heteroatoms. The second-order valence-electron chi connectivity index (χ2n) is 9.47. The number of hydrogen-bond donors (Lipinski definition) is 0. The topological polar surface area (TPSA) is 74.3 Å². The molecule has 4 saturated heterocycles. The fourth-order valence-corrected chi connectivity index (χ4v) is 6.36. The maximum absolute atomic E-state index is 12.1. The van der Waals surface area contributed by atoms with Crippen LogP contribution >= 0.6 is 0 Å². The van der Waals surface area contributed by atoms with E-state index in [1.807, 2.05) is 6.92 Å². The van der Waals surface area contributed by atoms with E-state index < -0.39 is 0 Å². The largest absolute Gasteiger partial charge is 0.492 e. The number of ether oxygens (including phenoxy) is 4. The predicted molar refractivity (Wildman–Crippen MR) is 107 cm³/mol. The highest BCUT2D eigenvalue weighted by molar-refractivity contribution is 5.93. The van der Waals surface area contributed by atoms with Gasteiger partial charge < -0.3 is 18.9 Å². The third kappa shape index (κ3) is 2.88. The van der Waals surface area contributed by atoms with Crippen molar-refractivity contribution in [3.8, 4) is 0 Å². The Kier molecular flexibility index (Phi) is 4.84. The summed E-state index contributed by atoms with van der Waals surface area (Å²) in [5.74, 6) is 1.73. The first-order valence-corrected chi connectivity index (χ1v) is 11.2. The molecule has 5 aliphatic rings. The van der Waals surface area contributed by atoms with Crippen molar-refractivity contribution in [2.45, 2.75) is 77.2 Å². The van der Waals surface area contributed by atoms with Gasteiger partial charge in [-0.15, -0.1) is 0 Å². The maximum atomic E-state index is 12.1. The van der Waals surface area contributed by atoms with Gasteiger partial charge in [0.25, 0.3) is 0 Å². The van der Waals surface area contributed by atoms with Crippen molar-refractivity contribution in [1.29, 1.82) is 0 Å². The van der Waals surface area contributed by atoms with Crippen LogP contribution in [0.4, 0.5) is 0 Å². The van der Waals surface area contributed by atoms with Gasteiger partial charge in [-0.25, -0.2) is 4.79 Å². The third-order valence-electron chi connectivity index (χ3n) is 7.82. The van der Waals surface area contributed by atoms with Crippen LogP contribution in [0.15, 0.2) is 22.9 Å². The zero-order chi connectivity index (χ0) is 21.2. The van der Waals surface area contributed by atoms with E-state index in [0.717, 1.165) is 44.4 Å². The summed E-state index contributed by atoms with van der Waals surface area (Å²) in [5, 5.41) is 0. The maximum Gasteiger partial charge on any atom is 0.343 e. The molecule has 164 valence electrons. The SMILES string of the molecule is COC1=C(C)C(=O)O/C1=C1\O[C@@H]2CCCN3[C@@H]([C@@H]4C[C@@H](C)C(=O)O4)CC[C@H]3[C@H]2[C@@H]1C. The third-order valence-corrected chi connectivity index (χ3v) is 7.82. The molecular formula is C23H31NO6. The lowest BCUT2D eigenvalue weighted by atomic mass is 9.82. The number of fused-ring (bicyclic) bond motifs is 3. The molecule has 0 bridgehead atoms. The summed E-state index contributed by atoms with van der Waals surface area (Å²) in [6, 6.07) is 0.686. The van der Waals surface area contributed by atoms with Gasteiger partial charge in [0.15, 0.2) is 5.76 Å². The van der Waals surface area contributed by atoms with Crippen LogP contribution in [0.1, 0.15) is 52.9 Å². The highest BCUT2D eigenvalue weighted by Gasteiger charge is 2.54. The predicted octanol–water partition coefficient (Wildman–Crippen LogP) is 2.90. The quantitative estimate of drug-likeness (QED) is 0.640. The smallest absolute Gasteiger partial charge is 0.343 e. The first-order valence-electron chi connectivity index (χ1n) is 11.2. The molecular weight excluding hydrogens is 386 g/mol. The van der Waals surface area contributed by atoms with Crippen molar-refractivity contribution in [3.05, 3.63) is 22.9 Å². The lowest BCUT2D eigenvalue weighted by Gasteiger charge is -2.35. The summed E-state index contributed by atoms with van der Waals surface area (Å²) in [4.78, 5) is 26.7. The monoisotopic (exact) mass is 417 g/mol. The molecule has 5 aliphatic heterocycles. The molecule has 0 spiro atoms. The van der Waals surface area contributed by atoms with Gasteiger partial charge in [0.2, 0.25) is 5.76 Å². The Morgan fingerprint density at radius 1 is 1.03 bits per heavy atom.